The number of hydrogen-bond donors (Lipinski definition) is 1. The maximum absolute atomic E-state index is 12.7. The number of amides is 1. The molecule has 0 saturated carbocycles. The quantitative estimate of drug-likeness (QED) is 0.769. The van der Waals surface area contributed by atoms with Crippen molar-refractivity contribution in [2.75, 3.05) is 46.4 Å². The lowest BCUT2D eigenvalue weighted by Crippen LogP contribution is -2.57. The van der Waals surface area contributed by atoms with E-state index in [0.717, 1.165) is 39.3 Å². The topological polar surface area (TPSA) is 63.3 Å². The van der Waals surface area contributed by atoms with Crippen LogP contribution in [0.5, 0.6) is 0 Å². The van der Waals surface area contributed by atoms with Crippen molar-refractivity contribution in [3.63, 3.8) is 0 Å². The summed E-state index contributed by atoms with van der Waals surface area (Å²) in [4.78, 5) is 17.1. The van der Waals surface area contributed by atoms with Gasteiger partial charge in [-0.2, -0.15) is 0 Å². The van der Waals surface area contributed by atoms with Crippen molar-refractivity contribution in [1.82, 2.24) is 15.1 Å². The Morgan fingerprint density at radius 1 is 1.31 bits per heavy atom. The van der Waals surface area contributed by atoms with Crippen LogP contribution in [-0.2, 0) is 19.0 Å². The van der Waals surface area contributed by atoms with Gasteiger partial charge in [-0.05, 0) is 26.8 Å². The standard InChI is InChI=1S/C19H35N3O4/c1-13(2)15-12-19(4)16(14(3)25-15)21(5)18(26-19)17(23)20-6-7-22-8-10-24-11-9-22/h13-16,18H,6-12H2,1-5H3,(H,20,23). The number of nitrogens with one attached hydrogen (secondary N) is 1. The van der Waals surface area contributed by atoms with Crippen LogP contribution in [0.1, 0.15) is 34.1 Å². The van der Waals surface area contributed by atoms with Crippen molar-refractivity contribution in [2.45, 2.75) is 64.2 Å². The van der Waals surface area contributed by atoms with Gasteiger partial charge in [-0.25, -0.2) is 0 Å². The molecule has 7 heteroatoms. The number of nitrogens with zero attached hydrogens (tertiary/aromatic N) is 2. The normalized spacial score (nSPS) is 39.2. The third kappa shape index (κ3) is 4.07. The van der Waals surface area contributed by atoms with Crippen LogP contribution in [0, 0.1) is 5.92 Å². The van der Waals surface area contributed by atoms with Crippen molar-refractivity contribution < 1.29 is 19.0 Å². The minimum atomic E-state index is -0.549. The van der Waals surface area contributed by atoms with Gasteiger partial charge in [-0.3, -0.25) is 14.6 Å². The molecule has 3 rings (SSSR count). The predicted octanol–water partition coefficient (Wildman–Crippen LogP) is 0.684. The largest absolute Gasteiger partial charge is 0.379 e. The highest BCUT2D eigenvalue weighted by molar-refractivity contribution is 5.80. The smallest absolute Gasteiger partial charge is 0.264 e. The van der Waals surface area contributed by atoms with Crippen LogP contribution < -0.4 is 5.32 Å². The molecule has 0 aromatic heterocycles. The number of hydrogen-bond acceptors (Lipinski definition) is 6. The Hall–Kier alpha value is -0.730. The van der Waals surface area contributed by atoms with E-state index >= 15 is 0 Å². The fourth-order valence-electron chi connectivity index (χ4n) is 4.66. The van der Waals surface area contributed by atoms with Crippen LogP contribution >= 0.6 is 0 Å². The van der Waals surface area contributed by atoms with E-state index in [1.807, 2.05) is 11.9 Å². The van der Waals surface area contributed by atoms with Crippen LogP contribution in [0.25, 0.3) is 0 Å². The van der Waals surface area contributed by atoms with E-state index in [1.54, 1.807) is 0 Å². The molecule has 0 aromatic rings. The number of fused-ring (bicyclic) bond motifs is 1. The highest BCUT2D eigenvalue weighted by atomic mass is 16.6. The lowest BCUT2D eigenvalue weighted by molar-refractivity contribution is -0.163. The van der Waals surface area contributed by atoms with E-state index in [1.165, 1.54) is 0 Å². The van der Waals surface area contributed by atoms with E-state index in [0.29, 0.717) is 12.5 Å². The second-order valence-corrected chi connectivity index (χ2v) is 8.47. The predicted molar refractivity (Wildman–Crippen MR) is 98.9 cm³/mol. The van der Waals surface area contributed by atoms with Gasteiger partial charge in [0.25, 0.3) is 5.91 Å². The van der Waals surface area contributed by atoms with Crippen LogP contribution in [0.3, 0.4) is 0 Å². The first-order valence-corrected chi connectivity index (χ1v) is 9.95. The second kappa shape index (κ2) is 8.10. The zero-order valence-electron chi connectivity index (χ0n) is 16.9. The van der Waals surface area contributed by atoms with Gasteiger partial charge in [0.15, 0.2) is 6.23 Å². The van der Waals surface area contributed by atoms with Gasteiger partial charge in [-0.1, -0.05) is 13.8 Å². The third-order valence-electron chi connectivity index (χ3n) is 6.05. The fourth-order valence-corrected chi connectivity index (χ4v) is 4.66. The van der Waals surface area contributed by atoms with Gasteiger partial charge in [-0.15, -0.1) is 0 Å². The number of ether oxygens (including phenoxy) is 3. The Labute approximate surface area is 157 Å². The molecule has 5 unspecified atom stereocenters. The van der Waals surface area contributed by atoms with Gasteiger partial charge in [0.05, 0.1) is 37.1 Å². The molecule has 0 spiro atoms. The molecule has 0 aromatic carbocycles. The average molecular weight is 370 g/mol. The first-order chi connectivity index (χ1) is 12.3. The van der Waals surface area contributed by atoms with Gasteiger partial charge < -0.3 is 19.5 Å². The molecular weight excluding hydrogens is 334 g/mol. The summed E-state index contributed by atoms with van der Waals surface area (Å²) in [5, 5.41) is 3.05. The molecular formula is C19H35N3O4. The monoisotopic (exact) mass is 369 g/mol. The summed E-state index contributed by atoms with van der Waals surface area (Å²) < 4.78 is 17.9. The van der Waals surface area contributed by atoms with E-state index < -0.39 is 6.23 Å². The molecule has 3 aliphatic rings. The molecule has 1 N–H and O–H groups in total. The van der Waals surface area contributed by atoms with Gasteiger partial charge in [0.1, 0.15) is 0 Å². The number of carbonyl (C=O) groups is 1. The van der Waals surface area contributed by atoms with Crippen LogP contribution in [-0.4, -0.2) is 92.2 Å². The lowest BCUT2D eigenvalue weighted by atomic mass is 9.81. The first kappa shape index (κ1) is 20.0. The van der Waals surface area contributed by atoms with Crippen molar-refractivity contribution in [1.29, 1.82) is 0 Å². The molecule has 3 saturated heterocycles. The molecule has 3 heterocycles. The molecule has 3 fully saturated rings. The van der Waals surface area contributed by atoms with E-state index in [4.69, 9.17) is 14.2 Å². The highest BCUT2D eigenvalue weighted by Gasteiger charge is 2.57. The zero-order chi connectivity index (χ0) is 18.9. The Morgan fingerprint density at radius 3 is 2.65 bits per heavy atom. The highest BCUT2D eigenvalue weighted by Crippen LogP contribution is 2.43. The lowest BCUT2D eigenvalue weighted by Gasteiger charge is -2.45. The Balaban J connectivity index is 1.56. The minimum absolute atomic E-state index is 0.0392. The second-order valence-electron chi connectivity index (χ2n) is 8.47. The molecule has 0 radical (unpaired) electrons. The fraction of sp³-hybridized carbons (Fsp3) is 0.947. The number of carbonyl (C=O) groups excluding carboxylic acids is 1. The summed E-state index contributed by atoms with van der Waals surface area (Å²) in [6, 6.07) is 0.0903. The zero-order valence-corrected chi connectivity index (χ0v) is 16.9. The molecule has 3 aliphatic heterocycles. The molecule has 1 amide bonds. The Kier molecular flexibility index (Phi) is 6.24. The molecule has 26 heavy (non-hydrogen) atoms. The van der Waals surface area contributed by atoms with Crippen LogP contribution in [0.15, 0.2) is 0 Å². The maximum Gasteiger partial charge on any atom is 0.264 e. The summed E-state index contributed by atoms with van der Waals surface area (Å²) in [5.41, 5.74) is -0.354. The third-order valence-corrected chi connectivity index (χ3v) is 6.05. The van der Waals surface area contributed by atoms with Gasteiger partial charge in [0.2, 0.25) is 0 Å². The van der Waals surface area contributed by atoms with E-state index in [2.05, 4.69) is 37.9 Å². The summed E-state index contributed by atoms with van der Waals surface area (Å²) in [6.45, 7) is 13.5. The average Bonchev–Trinajstić information content (AvgIpc) is 2.87. The van der Waals surface area contributed by atoms with E-state index in [9.17, 15) is 4.79 Å². The summed E-state index contributed by atoms with van der Waals surface area (Å²) >= 11 is 0. The summed E-state index contributed by atoms with van der Waals surface area (Å²) in [7, 11) is 1.97. The van der Waals surface area contributed by atoms with Gasteiger partial charge >= 0.3 is 0 Å². The molecule has 0 aliphatic carbocycles. The number of likely N-dealkylation sites (N-methyl/N-ethyl adjacent to an activating group) is 1. The molecule has 7 nitrogen and oxygen atoms in total. The van der Waals surface area contributed by atoms with Crippen molar-refractivity contribution in [3.05, 3.63) is 0 Å². The van der Waals surface area contributed by atoms with Gasteiger partial charge in [0, 0.05) is 32.6 Å². The molecule has 0 bridgehead atoms. The van der Waals surface area contributed by atoms with Crippen molar-refractivity contribution >= 4 is 5.91 Å². The van der Waals surface area contributed by atoms with Crippen molar-refractivity contribution in [3.8, 4) is 0 Å². The summed E-state index contributed by atoms with van der Waals surface area (Å²) in [5.74, 6) is 0.384. The number of morpholine rings is 1. The minimum Gasteiger partial charge on any atom is -0.379 e. The molecule has 5 atom stereocenters. The summed E-state index contributed by atoms with van der Waals surface area (Å²) in [6.07, 6.45) is 0.480. The van der Waals surface area contributed by atoms with Crippen molar-refractivity contribution in [2.24, 2.45) is 5.92 Å². The SMILES string of the molecule is CC(C)C1CC2(C)OC(C(=O)NCCN3CCOCC3)N(C)C2C(C)O1. The number of rotatable bonds is 5. The molecule has 150 valence electrons. The van der Waals surface area contributed by atoms with Crippen LogP contribution in [0.2, 0.25) is 0 Å². The Bertz CT molecular complexity index is 497. The first-order valence-electron chi connectivity index (χ1n) is 9.95. The van der Waals surface area contributed by atoms with E-state index in [-0.39, 0.29) is 29.8 Å². The van der Waals surface area contributed by atoms with Crippen LogP contribution in [0.4, 0.5) is 0 Å². The maximum atomic E-state index is 12.7. The Morgan fingerprint density at radius 2 is 2.00 bits per heavy atom.